The van der Waals surface area contributed by atoms with E-state index < -0.39 is 10.0 Å². The highest BCUT2D eigenvalue weighted by atomic mass is 79.9. The van der Waals surface area contributed by atoms with Gasteiger partial charge in [0, 0.05) is 17.4 Å². The lowest BCUT2D eigenvalue weighted by Crippen LogP contribution is -2.32. The molecule has 1 amide bonds. The van der Waals surface area contributed by atoms with Crippen LogP contribution in [0.4, 0.5) is 0 Å². The summed E-state index contributed by atoms with van der Waals surface area (Å²) in [5, 5.41) is 2.89. The number of amides is 1. The second-order valence-electron chi connectivity index (χ2n) is 5.99. The molecule has 2 aromatic carbocycles. The zero-order chi connectivity index (χ0) is 19.2. The molecule has 0 radical (unpaired) electrons. The van der Waals surface area contributed by atoms with E-state index in [1.807, 2.05) is 31.2 Å². The van der Waals surface area contributed by atoms with Gasteiger partial charge >= 0.3 is 0 Å². The second kappa shape index (κ2) is 9.30. The molecule has 0 bridgehead atoms. The van der Waals surface area contributed by atoms with Crippen LogP contribution in [0, 0.1) is 0 Å². The van der Waals surface area contributed by atoms with Gasteiger partial charge in [-0.1, -0.05) is 47.1 Å². The normalized spacial score (nSPS) is 12.6. The van der Waals surface area contributed by atoms with Crippen LogP contribution in [-0.2, 0) is 21.2 Å². The van der Waals surface area contributed by atoms with Gasteiger partial charge in [0.1, 0.15) is 0 Å². The number of nitrogens with one attached hydrogen (secondary N) is 2. The third-order valence-electron chi connectivity index (χ3n) is 4.03. The van der Waals surface area contributed by atoms with Crippen molar-refractivity contribution in [1.82, 2.24) is 10.0 Å². The maximum Gasteiger partial charge on any atom is 0.240 e. The number of carbonyl (C=O) groups is 1. The highest BCUT2D eigenvalue weighted by Crippen LogP contribution is 2.15. The molecule has 2 aromatic rings. The van der Waals surface area contributed by atoms with Crippen LogP contribution in [0.15, 0.2) is 57.9 Å². The van der Waals surface area contributed by atoms with E-state index in [1.54, 1.807) is 12.1 Å². The Balaban J connectivity index is 1.83. The van der Waals surface area contributed by atoms with Crippen LogP contribution in [0.1, 0.15) is 37.4 Å². The van der Waals surface area contributed by atoms with Crippen LogP contribution in [0.2, 0.25) is 0 Å². The fourth-order valence-electron chi connectivity index (χ4n) is 2.44. The summed E-state index contributed by atoms with van der Waals surface area (Å²) in [5.41, 5.74) is 2.26. The second-order valence-corrected chi connectivity index (χ2v) is 8.67. The molecule has 5 nitrogen and oxygen atoms in total. The average Bonchev–Trinajstić information content (AvgIpc) is 2.62. The molecule has 0 saturated heterocycles. The Hall–Kier alpha value is -1.70. The number of halogens is 1. The van der Waals surface area contributed by atoms with Crippen LogP contribution in [0.5, 0.6) is 0 Å². The molecule has 0 spiro atoms. The molecule has 0 fully saturated rings. The molecule has 1 unspecified atom stereocenters. The SMILES string of the molecule is CCc1ccc(C(C)NC(=O)CCNS(=O)(=O)c2ccc(Br)cc2)cc1. The van der Waals surface area contributed by atoms with Crippen LogP contribution < -0.4 is 10.0 Å². The summed E-state index contributed by atoms with van der Waals surface area (Å²) in [6, 6.07) is 14.3. The quantitative estimate of drug-likeness (QED) is 0.661. The van der Waals surface area contributed by atoms with E-state index >= 15 is 0 Å². The first-order valence-corrected chi connectivity index (χ1v) is 10.7. The summed E-state index contributed by atoms with van der Waals surface area (Å²) in [5.74, 6) is -0.199. The van der Waals surface area contributed by atoms with Gasteiger partial charge in [0.25, 0.3) is 0 Å². The number of hydrogen-bond acceptors (Lipinski definition) is 3. The lowest BCUT2D eigenvalue weighted by Gasteiger charge is -2.15. The molecule has 0 aliphatic rings. The lowest BCUT2D eigenvalue weighted by molar-refractivity contribution is -0.121. The predicted octanol–water partition coefficient (Wildman–Crippen LogP) is 3.56. The van der Waals surface area contributed by atoms with Gasteiger partial charge in [0.15, 0.2) is 0 Å². The number of carbonyl (C=O) groups excluding carboxylic acids is 1. The molecule has 26 heavy (non-hydrogen) atoms. The minimum atomic E-state index is -3.61. The Kier molecular flexibility index (Phi) is 7.37. The average molecular weight is 439 g/mol. The van der Waals surface area contributed by atoms with E-state index in [-0.39, 0.29) is 29.8 Å². The van der Waals surface area contributed by atoms with Crippen molar-refractivity contribution < 1.29 is 13.2 Å². The fraction of sp³-hybridized carbons (Fsp3) is 0.316. The van der Waals surface area contributed by atoms with E-state index in [2.05, 4.69) is 32.9 Å². The van der Waals surface area contributed by atoms with Crippen LogP contribution >= 0.6 is 15.9 Å². The minimum Gasteiger partial charge on any atom is -0.350 e. The van der Waals surface area contributed by atoms with E-state index in [0.717, 1.165) is 16.5 Å². The Morgan fingerprint density at radius 1 is 1.08 bits per heavy atom. The summed E-state index contributed by atoms with van der Waals surface area (Å²) < 4.78 is 27.6. The standard InChI is InChI=1S/C19H23BrN2O3S/c1-3-15-4-6-16(7-5-15)14(2)22-19(23)12-13-21-26(24,25)18-10-8-17(20)9-11-18/h4-11,14,21H,3,12-13H2,1-2H3,(H,22,23). The van der Waals surface area contributed by atoms with E-state index in [1.165, 1.54) is 17.7 Å². The highest BCUT2D eigenvalue weighted by molar-refractivity contribution is 9.10. The first kappa shape index (κ1) is 20.6. The summed E-state index contributed by atoms with van der Waals surface area (Å²) in [4.78, 5) is 12.2. The first-order chi connectivity index (χ1) is 12.3. The van der Waals surface area contributed by atoms with Crippen molar-refractivity contribution in [2.45, 2.75) is 37.6 Å². The van der Waals surface area contributed by atoms with Crippen LogP contribution in [0.25, 0.3) is 0 Å². The zero-order valence-corrected chi connectivity index (χ0v) is 17.2. The minimum absolute atomic E-state index is 0.0473. The molecule has 0 saturated carbocycles. The molecule has 0 aliphatic heterocycles. The third kappa shape index (κ3) is 5.93. The van der Waals surface area contributed by atoms with E-state index in [0.29, 0.717) is 0 Å². The number of sulfonamides is 1. The van der Waals surface area contributed by atoms with Crippen molar-refractivity contribution in [3.8, 4) is 0 Å². The highest BCUT2D eigenvalue weighted by Gasteiger charge is 2.15. The Labute approximate surface area is 163 Å². The number of benzene rings is 2. The number of rotatable bonds is 8. The molecule has 2 N–H and O–H groups in total. The van der Waals surface area contributed by atoms with Gasteiger partial charge in [-0.05, 0) is 48.7 Å². The molecule has 0 aromatic heterocycles. The molecule has 0 heterocycles. The van der Waals surface area contributed by atoms with Crippen LogP contribution in [0.3, 0.4) is 0 Å². The van der Waals surface area contributed by atoms with Gasteiger partial charge in [-0.2, -0.15) is 0 Å². The fourth-order valence-corrected chi connectivity index (χ4v) is 3.73. The zero-order valence-electron chi connectivity index (χ0n) is 14.8. The van der Waals surface area contributed by atoms with Gasteiger partial charge in [0.05, 0.1) is 10.9 Å². The van der Waals surface area contributed by atoms with Gasteiger partial charge in [-0.3, -0.25) is 4.79 Å². The van der Waals surface area contributed by atoms with Crippen molar-refractivity contribution in [2.75, 3.05) is 6.54 Å². The molecular weight excluding hydrogens is 416 g/mol. The van der Waals surface area contributed by atoms with Crippen molar-refractivity contribution in [2.24, 2.45) is 0 Å². The maximum atomic E-state index is 12.2. The number of hydrogen-bond donors (Lipinski definition) is 2. The largest absolute Gasteiger partial charge is 0.350 e. The molecule has 0 aliphatic carbocycles. The molecule has 2 rings (SSSR count). The van der Waals surface area contributed by atoms with Crippen molar-refractivity contribution >= 4 is 31.9 Å². The van der Waals surface area contributed by atoms with Crippen molar-refractivity contribution in [3.63, 3.8) is 0 Å². The summed E-state index contributed by atoms with van der Waals surface area (Å²) >= 11 is 3.27. The predicted molar refractivity (Wildman–Crippen MR) is 106 cm³/mol. The van der Waals surface area contributed by atoms with Gasteiger partial charge < -0.3 is 5.32 Å². The van der Waals surface area contributed by atoms with Crippen molar-refractivity contribution in [3.05, 3.63) is 64.1 Å². The van der Waals surface area contributed by atoms with Gasteiger partial charge in [-0.15, -0.1) is 0 Å². The third-order valence-corrected chi connectivity index (χ3v) is 6.04. The van der Waals surface area contributed by atoms with Gasteiger partial charge in [-0.25, -0.2) is 13.1 Å². The maximum absolute atomic E-state index is 12.2. The van der Waals surface area contributed by atoms with Crippen molar-refractivity contribution in [1.29, 1.82) is 0 Å². The van der Waals surface area contributed by atoms with Gasteiger partial charge in [0.2, 0.25) is 15.9 Å². The van der Waals surface area contributed by atoms with Crippen LogP contribution in [-0.4, -0.2) is 20.9 Å². The Morgan fingerprint density at radius 2 is 1.69 bits per heavy atom. The summed E-state index contributed by atoms with van der Waals surface area (Å²) in [7, 11) is -3.61. The molecular formula is C19H23BrN2O3S. The monoisotopic (exact) mass is 438 g/mol. The smallest absolute Gasteiger partial charge is 0.240 e. The Bertz CT molecular complexity index is 834. The summed E-state index contributed by atoms with van der Waals surface area (Å²) in [6.45, 7) is 4.05. The molecule has 140 valence electrons. The lowest BCUT2D eigenvalue weighted by atomic mass is 10.0. The number of aryl methyl sites for hydroxylation is 1. The topological polar surface area (TPSA) is 75.3 Å². The molecule has 7 heteroatoms. The first-order valence-electron chi connectivity index (χ1n) is 8.45. The van der Waals surface area contributed by atoms with E-state index in [4.69, 9.17) is 0 Å². The molecule has 1 atom stereocenters. The Morgan fingerprint density at radius 3 is 2.27 bits per heavy atom. The van der Waals surface area contributed by atoms with E-state index in [9.17, 15) is 13.2 Å². The summed E-state index contributed by atoms with van der Waals surface area (Å²) in [6.07, 6.45) is 1.05.